The maximum absolute atomic E-state index is 11.8. The third-order valence-corrected chi connectivity index (χ3v) is 3.45. The van der Waals surface area contributed by atoms with Crippen LogP contribution in [-0.4, -0.2) is 40.6 Å². The van der Waals surface area contributed by atoms with E-state index in [0.29, 0.717) is 13.1 Å². The fourth-order valence-corrected chi connectivity index (χ4v) is 2.08. The third-order valence-electron chi connectivity index (χ3n) is 3.45. The summed E-state index contributed by atoms with van der Waals surface area (Å²) in [7, 11) is 0. The molecule has 1 aliphatic heterocycles. The topological polar surface area (TPSA) is 69.6 Å². The Kier molecular flexibility index (Phi) is 2.78. The Morgan fingerprint density at radius 3 is 2.75 bits per heavy atom. The molecule has 1 aliphatic carbocycles. The maximum atomic E-state index is 11.8. The molecule has 2 fully saturated rings. The Hall–Kier alpha value is -1.26. The van der Waals surface area contributed by atoms with Crippen molar-refractivity contribution in [2.75, 3.05) is 13.1 Å². The van der Waals surface area contributed by atoms with Gasteiger partial charge < -0.3 is 15.3 Å². The molecule has 0 aromatic rings. The smallest absolute Gasteiger partial charge is 0.317 e. The van der Waals surface area contributed by atoms with Crippen LogP contribution in [-0.2, 0) is 4.79 Å². The minimum Gasteiger partial charge on any atom is -0.481 e. The summed E-state index contributed by atoms with van der Waals surface area (Å²) >= 11 is 0. The van der Waals surface area contributed by atoms with E-state index in [-0.39, 0.29) is 23.9 Å². The van der Waals surface area contributed by atoms with Gasteiger partial charge in [-0.15, -0.1) is 0 Å². The Balaban J connectivity index is 1.79. The molecule has 2 amide bonds. The molecular formula is C11H18N2O3. The molecule has 2 aliphatic rings. The molecule has 1 atom stereocenters. The summed E-state index contributed by atoms with van der Waals surface area (Å²) in [5, 5.41) is 11.7. The molecule has 2 rings (SSSR count). The lowest BCUT2D eigenvalue weighted by Gasteiger charge is -2.20. The van der Waals surface area contributed by atoms with Gasteiger partial charge in [-0.3, -0.25) is 4.79 Å². The molecule has 5 heteroatoms. The maximum Gasteiger partial charge on any atom is 0.317 e. The molecule has 2 N–H and O–H groups in total. The highest BCUT2D eigenvalue weighted by Crippen LogP contribution is 2.34. The molecule has 16 heavy (non-hydrogen) atoms. The number of carboxylic acid groups (broad SMARTS) is 1. The fourth-order valence-electron chi connectivity index (χ4n) is 2.08. The van der Waals surface area contributed by atoms with Gasteiger partial charge in [0.05, 0.1) is 0 Å². The lowest BCUT2D eigenvalue weighted by atomic mass is 10.1. The van der Waals surface area contributed by atoms with Crippen LogP contribution in [0.2, 0.25) is 0 Å². The number of nitrogens with one attached hydrogen (secondary N) is 1. The molecule has 0 bridgehead atoms. The zero-order valence-corrected chi connectivity index (χ0v) is 9.53. The van der Waals surface area contributed by atoms with Gasteiger partial charge in [-0.2, -0.15) is 0 Å². The van der Waals surface area contributed by atoms with Gasteiger partial charge >= 0.3 is 12.0 Å². The van der Waals surface area contributed by atoms with Crippen molar-refractivity contribution in [1.29, 1.82) is 0 Å². The second kappa shape index (κ2) is 3.96. The van der Waals surface area contributed by atoms with E-state index < -0.39 is 5.97 Å². The number of likely N-dealkylation sites (tertiary alicyclic amines) is 1. The molecule has 0 spiro atoms. The van der Waals surface area contributed by atoms with E-state index in [9.17, 15) is 9.59 Å². The fraction of sp³-hybridized carbons (Fsp3) is 0.818. The highest BCUT2D eigenvalue weighted by atomic mass is 16.4. The number of aliphatic carboxylic acids is 1. The average Bonchev–Trinajstić information content (AvgIpc) is 2.74. The number of hydrogen-bond acceptors (Lipinski definition) is 2. The summed E-state index contributed by atoms with van der Waals surface area (Å²) in [5.74, 6) is -0.656. The lowest BCUT2D eigenvalue weighted by molar-refractivity contribution is -0.138. The zero-order chi connectivity index (χ0) is 11.8. The van der Waals surface area contributed by atoms with E-state index >= 15 is 0 Å². The Morgan fingerprint density at radius 1 is 1.50 bits per heavy atom. The molecular weight excluding hydrogens is 208 g/mol. The van der Waals surface area contributed by atoms with Crippen LogP contribution in [0.1, 0.15) is 32.6 Å². The van der Waals surface area contributed by atoms with Gasteiger partial charge in [0.25, 0.3) is 0 Å². The van der Waals surface area contributed by atoms with Gasteiger partial charge in [-0.25, -0.2) is 4.79 Å². The first kappa shape index (κ1) is 11.2. The highest BCUT2D eigenvalue weighted by molar-refractivity contribution is 5.76. The van der Waals surface area contributed by atoms with Crippen LogP contribution in [0.5, 0.6) is 0 Å². The number of urea groups is 1. The van der Waals surface area contributed by atoms with Gasteiger partial charge in [0.15, 0.2) is 0 Å². The van der Waals surface area contributed by atoms with Crippen molar-refractivity contribution in [3.8, 4) is 0 Å². The predicted octanol–water partition coefficient (Wildman–Crippen LogP) is 1.05. The predicted molar refractivity (Wildman–Crippen MR) is 58.1 cm³/mol. The molecule has 1 heterocycles. The summed E-state index contributed by atoms with van der Waals surface area (Å²) in [6.07, 6.45) is 3.06. The van der Waals surface area contributed by atoms with Crippen molar-refractivity contribution >= 4 is 12.0 Å². The monoisotopic (exact) mass is 226 g/mol. The summed E-state index contributed by atoms with van der Waals surface area (Å²) in [6, 6.07) is -0.0344. The van der Waals surface area contributed by atoms with E-state index in [1.807, 2.05) is 6.92 Å². The second-order valence-electron chi connectivity index (χ2n) is 5.19. The number of amides is 2. The molecule has 0 radical (unpaired) electrons. The van der Waals surface area contributed by atoms with Crippen molar-refractivity contribution in [3.63, 3.8) is 0 Å². The number of carboxylic acids is 1. The summed E-state index contributed by atoms with van der Waals surface area (Å²) in [6.45, 7) is 3.30. The van der Waals surface area contributed by atoms with E-state index in [1.54, 1.807) is 4.90 Å². The van der Waals surface area contributed by atoms with Crippen molar-refractivity contribution in [2.45, 2.75) is 38.1 Å². The molecule has 0 aromatic heterocycles. The minimum absolute atomic E-state index is 0.00195. The molecule has 1 saturated carbocycles. The Bertz CT molecular complexity index is 312. The van der Waals surface area contributed by atoms with Crippen molar-refractivity contribution in [1.82, 2.24) is 10.2 Å². The third kappa shape index (κ3) is 2.65. The molecule has 1 unspecified atom stereocenters. The first-order valence-corrected chi connectivity index (χ1v) is 5.77. The second-order valence-corrected chi connectivity index (χ2v) is 5.19. The molecule has 0 aromatic carbocycles. The Morgan fingerprint density at radius 2 is 2.19 bits per heavy atom. The first-order chi connectivity index (χ1) is 7.48. The summed E-state index contributed by atoms with van der Waals surface area (Å²) < 4.78 is 0. The van der Waals surface area contributed by atoms with Gasteiger partial charge in [0.1, 0.15) is 0 Å². The van der Waals surface area contributed by atoms with Gasteiger partial charge in [-0.1, -0.05) is 0 Å². The van der Waals surface area contributed by atoms with Gasteiger partial charge in [-0.05, 0) is 32.1 Å². The number of hydrogen-bond donors (Lipinski definition) is 2. The Labute approximate surface area is 94.8 Å². The summed E-state index contributed by atoms with van der Waals surface area (Å²) in [4.78, 5) is 24.1. The number of rotatable bonds is 3. The minimum atomic E-state index is -0.776. The SMILES string of the molecule is CC1(NC(=O)N2CCC(CC(=O)O)C2)CC1. The van der Waals surface area contributed by atoms with Crippen molar-refractivity contribution in [2.24, 2.45) is 5.92 Å². The first-order valence-electron chi connectivity index (χ1n) is 5.77. The average molecular weight is 226 g/mol. The van der Waals surface area contributed by atoms with E-state index in [0.717, 1.165) is 19.3 Å². The molecule has 90 valence electrons. The lowest BCUT2D eigenvalue weighted by Crippen LogP contribution is -2.44. The van der Waals surface area contributed by atoms with E-state index in [1.165, 1.54) is 0 Å². The van der Waals surface area contributed by atoms with Gasteiger partial charge in [0, 0.05) is 25.0 Å². The van der Waals surface area contributed by atoms with Crippen LogP contribution >= 0.6 is 0 Å². The van der Waals surface area contributed by atoms with Crippen LogP contribution in [0.4, 0.5) is 4.79 Å². The van der Waals surface area contributed by atoms with Crippen LogP contribution in [0.25, 0.3) is 0 Å². The largest absolute Gasteiger partial charge is 0.481 e. The number of carbonyl (C=O) groups is 2. The van der Waals surface area contributed by atoms with Gasteiger partial charge in [0.2, 0.25) is 0 Å². The number of nitrogens with zero attached hydrogens (tertiary/aromatic N) is 1. The normalized spacial score (nSPS) is 26.6. The van der Waals surface area contributed by atoms with Crippen LogP contribution in [0.3, 0.4) is 0 Å². The summed E-state index contributed by atoms with van der Waals surface area (Å²) in [5.41, 5.74) is 0.00195. The highest BCUT2D eigenvalue weighted by Gasteiger charge is 2.40. The standard InChI is InChI=1S/C11H18N2O3/c1-11(3-4-11)12-10(16)13-5-2-8(7-13)6-9(14)15/h8H,2-7H2,1H3,(H,12,16)(H,14,15). The molecule has 1 saturated heterocycles. The van der Waals surface area contributed by atoms with Crippen LogP contribution in [0.15, 0.2) is 0 Å². The van der Waals surface area contributed by atoms with E-state index in [2.05, 4.69) is 5.32 Å². The van der Waals surface area contributed by atoms with E-state index in [4.69, 9.17) is 5.11 Å². The van der Waals surface area contributed by atoms with Crippen molar-refractivity contribution < 1.29 is 14.7 Å². The van der Waals surface area contributed by atoms with Crippen molar-refractivity contribution in [3.05, 3.63) is 0 Å². The number of carbonyl (C=O) groups excluding carboxylic acids is 1. The van der Waals surface area contributed by atoms with Crippen LogP contribution < -0.4 is 5.32 Å². The molecule has 5 nitrogen and oxygen atoms in total. The quantitative estimate of drug-likeness (QED) is 0.755. The van der Waals surface area contributed by atoms with Crippen LogP contribution in [0, 0.1) is 5.92 Å². The zero-order valence-electron chi connectivity index (χ0n) is 9.53.